The normalized spacial score (nSPS) is 10.5. The third-order valence-electron chi connectivity index (χ3n) is 1.50. The van der Waals surface area contributed by atoms with Gasteiger partial charge < -0.3 is 4.74 Å². The Bertz CT molecular complexity index is 286. The Morgan fingerprint density at radius 2 is 2.08 bits per heavy atom. The van der Waals surface area contributed by atoms with Crippen LogP contribution in [0.4, 0.5) is 0 Å². The van der Waals surface area contributed by atoms with Gasteiger partial charge in [0.1, 0.15) is 5.75 Å². The molecule has 0 N–H and O–H groups in total. The molecular formula is C10H13ClOS. The van der Waals surface area contributed by atoms with Crippen LogP contribution in [0.3, 0.4) is 0 Å². The molecule has 1 nitrogen and oxygen atoms in total. The van der Waals surface area contributed by atoms with Crippen molar-refractivity contribution in [2.75, 3.05) is 6.26 Å². The maximum absolute atomic E-state index is 5.96. The van der Waals surface area contributed by atoms with E-state index in [9.17, 15) is 0 Å². The van der Waals surface area contributed by atoms with Crippen LogP contribution in [-0.2, 0) is 0 Å². The zero-order chi connectivity index (χ0) is 9.84. The summed E-state index contributed by atoms with van der Waals surface area (Å²) in [6, 6.07) is 5.82. The van der Waals surface area contributed by atoms with Crippen LogP contribution < -0.4 is 4.74 Å². The predicted octanol–water partition coefficient (Wildman–Crippen LogP) is 3.85. The molecule has 0 bridgehead atoms. The highest BCUT2D eigenvalue weighted by atomic mass is 35.5. The number of hydrogen-bond acceptors (Lipinski definition) is 2. The van der Waals surface area contributed by atoms with Gasteiger partial charge in [0.15, 0.2) is 0 Å². The van der Waals surface area contributed by atoms with Crippen LogP contribution in [0.1, 0.15) is 13.8 Å². The third kappa shape index (κ3) is 3.12. The Morgan fingerprint density at radius 1 is 1.38 bits per heavy atom. The molecule has 0 unspecified atom stereocenters. The SMILES string of the molecule is CSc1ccc(Cl)c(OC(C)C)c1. The predicted molar refractivity (Wildman–Crippen MR) is 59.0 cm³/mol. The van der Waals surface area contributed by atoms with Gasteiger partial charge >= 0.3 is 0 Å². The molecule has 13 heavy (non-hydrogen) atoms. The van der Waals surface area contributed by atoms with E-state index in [1.807, 2.05) is 38.3 Å². The van der Waals surface area contributed by atoms with Crippen molar-refractivity contribution >= 4 is 23.4 Å². The third-order valence-corrected chi connectivity index (χ3v) is 2.54. The molecule has 72 valence electrons. The van der Waals surface area contributed by atoms with Crippen molar-refractivity contribution in [3.8, 4) is 5.75 Å². The van der Waals surface area contributed by atoms with Gasteiger partial charge in [-0.3, -0.25) is 0 Å². The van der Waals surface area contributed by atoms with Crippen LogP contribution in [-0.4, -0.2) is 12.4 Å². The molecular weight excluding hydrogens is 204 g/mol. The molecule has 0 atom stereocenters. The average molecular weight is 217 g/mol. The molecule has 0 aliphatic rings. The van der Waals surface area contributed by atoms with Crippen molar-refractivity contribution in [1.29, 1.82) is 0 Å². The van der Waals surface area contributed by atoms with Gasteiger partial charge in [0, 0.05) is 4.90 Å². The van der Waals surface area contributed by atoms with Crippen molar-refractivity contribution in [2.24, 2.45) is 0 Å². The lowest BCUT2D eigenvalue weighted by Gasteiger charge is -2.11. The minimum atomic E-state index is 0.162. The van der Waals surface area contributed by atoms with Gasteiger partial charge in [0.2, 0.25) is 0 Å². The van der Waals surface area contributed by atoms with Crippen molar-refractivity contribution < 1.29 is 4.74 Å². The van der Waals surface area contributed by atoms with Gasteiger partial charge in [-0.1, -0.05) is 11.6 Å². The minimum absolute atomic E-state index is 0.162. The summed E-state index contributed by atoms with van der Waals surface area (Å²) in [5.74, 6) is 0.767. The van der Waals surface area contributed by atoms with E-state index in [1.54, 1.807) is 11.8 Å². The maximum Gasteiger partial charge on any atom is 0.139 e. The number of thioether (sulfide) groups is 1. The summed E-state index contributed by atoms with van der Waals surface area (Å²) in [4.78, 5) is 1.17. The fraction of sp³-hybridized carbons (Fsp3) is 0.400. The van der Waals surface area contributed by atoms with Crippen LogP contribution in [0, 0.1) is 0 Å². The van der Waals surface area contributed by atoms with E-state index in [4.69, 9.17) is 16.3 Å². The minimum Gasteiger partial charge on any atom is -0.489 e. The zero-order valence-corrected chi connectivity index (χ0v) is 9.58. The summed E-state index contributed by atoms with van der Waals surface area (Å²) in [5.41, 5.74) is 0. The first-order valence-corrected chi connectivity index (χ1v) is 5.74. The molecule has 0 saturated carbocycles. The highest BCUT2D eigenvalue weighted by molar-refractivity contribution is 7.98. The molecule has 0 spiro atoms. The smallest absolute Gasteiger partial charge is 0.139 e. The Hall–Kier alpha value is -0.340. The lowest BCUT2D eigenvalue weighted by Crippen LogP contribution is -2.05. The molecule has 0 heterocycles. The Balaban J connectivity index is 2.90. The molecule has 0 aromatic heterocycles. The molecule has 0 saturated heterocycles. The first-order chi connectivity index (χ1) is 6.13. The Labute approximate surface area is 88.4 Å². The fourth-order valence-electron chi connectivity index (χ4n) is 0.955. The van der Waals surface area contributed by atoms with Gasteiger partial charge in [-0.05, 0) is 38.3 Å². The van der Waals surface area contributed by atoms with E-state index in [-0.39, 0.29) is 6.10 Å². The summed E-state index contributed by atoms with van der Waals surface area (Å²) in [6.45, 7) is 3.98. The van der Waals surface area contributed by atoms with Gasteiger partial charge in [-0.15, -0.1) is 11.8 Å². The van der Waals surface area contributed by atoms with E-state index >= 15 is 0 Å². The van der Waals surface area contributed by atoms with Crippen LogP contribution in [0.15, 0.2) is 23.1 Å². The van der Waals surface area contributed by atoms with E-state index in [1.165, 1.54) is 4.90 Å². The van der Waals surface area contributed by atoms with E-state index < -0.39 is 0 Å². The summed E-state index contributed by atoms with van der Waals surface area (Å²) in [5, 5.41) is 0.673. The first kappa shape index (κ1) is 10.7. The standard InChI is InChI=1S/C10H13ClOS/c1-7(2)12-10-6-8(13-3)4-5-9(10)11/h4-7H,1-3H3. The van der Waals surface area contributed by atoms with Crippen LogP contribution >= 0.6 is 23.4 Å². The summed E-state index contributed by atoms with van der Waals surface area (Å²) < 4.78 is 5.54. The molecule has 1 aromatic rings. The average Bonchev–Trinajstić information content (AvgIpc) is 2.08. The van der Waals surface area contributed by atoms with Gasteiger partial charge in [-0.2, -0.15) is 0 Å². The lowest BCUT2D eigenvalue weighted by atomic mass is 10.3. The molecule has 0 aliphatic carbocycles. The number of ether oxygens (including phenoxy) is 1. The molecule has 0 radical (unpaired) electrons. The Morgan fingerprint density at radius 3 is 2.62 bits per heavy atom. The summed E-state index contributed by atoms with van der Waals surface area (Å²) in [6.07, 6.45) is 2.19. The maximum atomic E-state index is 5.96. The second-order valence-corrected chi connectivity index (χ2v) is 4.25. The molecule has 0 amide bonds. The first-order valence-electron chi connectivity index (χ1n) is 4.13. The number of benzene rings is 1. The largest absolute Gasteiger partial charge is 0.489 e. The number of halogens is 1. The van der Waals surface area contributed by atoms with Crippen molar-refractivity contribution in [1.82, 2.24) is 0 Å². The fourth-order valence-corrected chi connectivity index (χ4v) is 1.55. The molecule has 1 rings (SSSR count). The monoisotopic (exact) mass is 216 g/mol. The van der Waals surface area contributed by atoms with E-state index in [0.717, 1.165) is 5.75 Å². The van der Waals surface area contributed by atoms with Crippen molar-refractivity contribution in [2.45, 2.75) is 24.8 Å². The van der Waals surface area contributed by atoms with Crippen molar-refractivity contribution in [3.05, 3.63) is 23.2 Å². The van der Waals surface area contributed by atoms with E-state index in [0.29, 0.717) is 5.02 Å². The Kier molecular flexibility index (Phi) is 3.94. The van der Waals surface area contributed by atoms with Gasteiger partial charge in [0.05, 0.1) is 11.1 Å². The van der Waals surface area contributed by atoms with Crippen LogP contribution in [0.25, 0.3) is 0 Å². The number of rotatable bonds is 3. The summed E-state index contributed by atoms with van der Waals surface area (Å²) in [7, 11) is 0. The second kappa shape index (κ2) is 4.77. The van der Waals surface area contributed by atoms with Crippen LogP contribution in [0.2, 0.25) is 5.02 Å². The van der Waals surface area contributed by atoms with Gasteiger partial charge in [-0.25, -0.2) is 0 Å². The second-order valence-electron chi connectivity index (χ2n) is 2.96. The topological polar surface area (TPSA) is 9.23 Å². The highest BCUT2D eigenvalue weighted by Gasteiger charge is 2.04. The lowest BCUT2D eigenvalue weighted by molar-refractivity contribution is 0.242. The van der Waals surface area contributed by atoms with E-state index in [2.05, 4.69) is 0 Å². The van der Waals surface area contributed by atoms with Crippen LogP contribution in [0.5, 0.6) is 5.75 Å². The number of hydrogen-bond donors (Lipinski definition) is 0. The summed E-state index contributed by atoms with van der Waals surface area (Å²) >= 11 is 7.64. The molecule has 0 fully saturated rings. The zero-order valence-electron chi connectivity index (χ0n) is 8.00. The molecule has 3 heteroatoms. The molecule has 0 aliphatic heterocycles. The molecule has 1 aromatic carbocycles. The quantitative estimate of drug-likeness (QED) is 0.710. The van der Waals surface area contributed by atoms with Crippen molar-refractivity contribution in [3.63, 3.8) is 0 Å². The highest BCUT2D eigenvalue weighted by Crippen LogP contribution is 2.29. The van der Waals surface area contributed by atoms with Gasteiger partial charge in [0.25, 0.3) is 0 Å².